The van der Waals surface area contributed by atoms with Crippen molar-refractivity contribution < 1.29 is 14.6 Å². The Hall–Kier alpha value is -1.93. The van der Waals surface area contributed by atoms with Gasteiger partial charge in [0.1, 0.15) is 17.7 Å². The molecule has 0 saturated heterocycles. The molecule has 0 aliphatic carbocycles. The van der Waals surface area contributed by atoms with Crippen molar-refractivity contribution in [1.29, 1.82) is 0 Å². The molecule has 144 valence electrons. The predicted octanol–water partition coefficient (Wildman–Crippen LogP) is 3.81. The van der Waals surface area contributed by atoms with Crippen molar-refractivity contribution in [3.8, 4) is 11.5 Å². The summed E-state index contributed by atoms with van der Waals surface area (Å²) in [5, 5.41) is 17.6. The highest BCUT2D eigenvalue weighted by atomic mass is 35.6. The number of rotatable bonds is 5. The molecule has 27 heavy (non-hydrogen) atoms. The maximum atomic E-state index is 12.4. The van der Waals surface area contributed by atoms with Crippen molar-refractivity contribution >= 4 is 63.7 Å². The zero-order valence-electron chi connectivity index (χ0n) is 14.0. The lowest BCUT2D eigenvalue weighted by atomic mass is 10.2. The fourth-order valence-electron chi connectivity index (χ4n) is 2.00. The van der Waals surface area contributed by atoms with E-state index >= 15 is 0 Å². The van der Waals surface area contributed by atoms with Crippen LogP contribution in [0.5, 0.6) is 11.5 Å². The van der Waals surface area contributed by atoms with E-state index in [1.807, 2.05) is 0 Å². The first-order chi connectivity index (χ1) is 12.7. The fourth-order valence-corrected chi connectivity index (χ4v) is 2.56. The maximum absolute atomic E-state index is 12.4. The Kier molecular flexibility index (Phi) is 7.38. The van der Waals surface area contributed by atoms with Crippen molar-refractivity contribution in [2.75, 3.05) is 12.4 Å². The number of aromatic hydroxyl groups is 1. The summed E-state index contributed by atoms with van der Waals surface area (Å²) in [5.74, 6) is 0.265. The molecule has 2 aromatic carbocycles. The van der Waals surface area contributed by atoms with E-state index in [1.165, 1.54) is 19.2 Å². The number of anilines is 1. The number of carbonyl (C=O) groups excluding carboxylic acids is 1. The first-order valence-corrected chi connectivity index (χ1v) is 9.11. The van der Waals surface area contributed by atoms with Crippen molar-refractivity contribution in [3.63, 3.8) is 0 Å². The van der Waals surface area contributed by atoms with Gasteiger partial charge in [-0.05, 0) is 60.7 Å². The first-order valence-electron chi connectivity index (χ1n) is 7.57. The van der Waals surface area contributed by atoms with Gasteiger partial charge in [0.25, 0.3) is 5.91 Å². The van der Waals surface area contributed by atoms with Crippen LogP contribution in [0.2, 0.25) is 0 Å². The van der Waals surface area contributed by atoms with Crippen LogP contribution in [-0.4, -0.2) is 33.2 Å². The second-order valence-electron chi connectivity index (χ2n) is 5.32. The molecular weight excluding hydrogens is 433 g/mol. The molecule has 0 aliphatic rings. The van der Waals surface area contributed by atoms with E-state index in [0.29, 0.717) is 17.0 Å². The maximum Gasteiger partial charge on any atom is 0.252 e. The lowest BCUT2D eigenvalue weighted by Crippen LogP contribution is -2.56. The molecule has 2 aromatic rings. The normalized spacial score (nSPS) is 12.0. The van der Waals surface area contributed by atoms with Crippen LogP contribution >= 0.6 is 47.0 Å². The van der Waals surface area contributed by atoms with E-state index in [0.717, 1.165) is 0 Å². The topological polar surface area (TPSA) is 82.6 Å². The Morgan fingerprint density at radius 2 is 1.67 bits per heavy atom. The lowest BCUT2D eigenvalue weighted by Gasteiger charge is -2.27. The number of amides is 1. The van der Waals surface area contributed by atoms with E-state index in [4.69, 9.17) is 51.8 Å². The standard InChI is InChI=1S/C17H16Cl3N3O3S/c1-26-13-8-2-10(3-9-13)14(25)22-15(17(18,19)20)23-16(27)21-11-4-6-12(24)7-5-11/h2-9,15,24H,1H3,(H,22,25)(H2,21,23,27). The van der Waals surface area contributed by atoms with Gasteiger partial charge >= 0.3 is 0 Å². The smallest absolute Gasteiger partial charge is 0.252 e. The highest BCUT2D eigenvalue weighted by molar-refractivity contribution is 7.80. The zero-order valence-corrected chi connectivity index (χ0v) is 17.1. The number of methoxy groups -OCH3 is 1. The number of thiocarbonyl (C=S) groups is 1. The lowest BCUT2D eigenvalue weighted by molar-refractivity contribution is 0.0934. The molecule has 0 aliphatic heterocycles. The molecule has 1 atom stereocenters. The number of phenols is 1. The molecule has 0 fully saturated rings. The summed E-state index contributed by atoms with van der Waals surface area (Å²) in [6, 6.07) is 12.7. The predicted molar refractivity (Wildman–Crippen MR) is 112 cm³/mol. The quantitative estimate of drug-likeness (QED) is 0.241. The van der Waals surface area contributed by atoms with Gasteiger partial charge in [0, 0.05) is 11.3 Å². The Morgan fingerprint density at radius 3 is 2.19 bits per heavy atom. The molecule has 0 radical (unpaired) electrons. The number of hydrogen-bond acceptors (Lipinski definition) is 4. The van der Waals surface area contributed by atoms with Crippen molar-refractivity contribution in [3.05, 3.63) is 54.1 Å². The van der Waals surface area contributed by atoms with E-state index in [1.54, 1.807) is 36.4 Å². The Morgan fingerprint density at radius 1 is 1.07 bits per heavy atom. The number of nitrogens with one attached hydrogen (secondary N) is 3. The van der Waals surface area contributed by atoms with E-state index < -0.39 is 15.9 Å². The van der Waals surface area contributed by atoms with Gasteiger partial charge < -0.3 is 25.8 Å². The Labute approximate surface area is 176 Å². The molecule has 2 rings (SSSR count). The van der Waals surface area contributed by atoms with Gasteiger partial charge in [-0.3, -0.25) is 4.79 Å². The Balaban J connectivity index is 2.04. The molecule has 10 heteroatoms. The minimum absolute atomic E-state index is 0.116. The number of alkyl halides is 3. The van der Waals surface area contributed by atoms with Crippen molar-refractivity contribution in [1.82, 2.24) is 10.6 Å². The zero-order chi connectivity index (χ0) is 20.0. The van der Waals surface area contributed by atoms with E-state index in [9.17, 15) is 9.90 Å². The van der Waals surface area contributed by atoms with Crippen LogP contribution in [-0.2, 0) is 0 Å². The second kappa shape index (κ2) is 9.32. The first kappa shape index (κ1) is 21.4. The molecule has 0 spiro atoms. The summed E-state index contributed by atoms with van der Waals surface area (Å²) in [7, 11) is 1.53. The fraction of sp³-hybridized carbons (Fsp3) is 0.176. The van der Waals surface area contributed by atoms with Crippen LogP contribution < -0.4 is 20.7 Å². The third kappa shape index (κ3) is 6.62. The van der Waals surface area contributed by atoms with Gasteiger partial charge in [0.2, 0.25) is 3.79 Å². The SMILES string of the molecule is COc1ccc(C(=O)NC(NC(=S)Nc2ccc(O)cc2)C(Cl)(Cl)Cl)cc1. The van der Waals surface area contributed by atoms with Crippen LogP contribution in [0.1, 0.15) is 10.4 Å². The monoisotopic (exact) mass is 447 g/mol. The summed E-state index contributed by atoms with van der Waals surface area (Å²) >= 11 is 23.1. The van der Waals surface area contributed by atoms with Crippen molar-refractivity contribution in [2.45, 2.75) is 9.96 Å². The third-order valence-corrected chi connectivity index (χ3v) is 4.23. The van der Waals surface area contributed by atoms with Crippen LogP contribution in [0, 0.1) is 0 Å². The molecule has 0 bridgehead atoms. The highest BCUT2D eigenvalue weighted by Gasteiger charge is 2.34. The summed E-state index contributed by atoms with van der Waals surface area (Å²) in [6.07, 6.45) is -1.10. The summed E-state index contributed by atoms with van der Waals surface area (Å²) in [4.78, 5) is 12.4. The molecule has 0 aromatic heterocycles. The van der Waals surface area contributed by atoms with E-state index in [-0.39, 0.29) is 10.9 Å². The van der Waals surface area contributed by atoms with Gasteiger partial charge in [-0.25, -0.2) is 0 Å². The number of hydrogen-bond donors (Lipinski definition) is 4. The second-order valence-corrected chi connectivity index (χ2v) is 8.10. The minimum Gasteiger partial charge on any atom is -0.508 e. The third-order valence-electron chi connectivity index (χ3n) is 3.36. The van der Waals surface area contributed by atoms with Gasteiger partial charge in [-0.2, -0.15) is 0 Å². The van der Waals surface area contributed by atoms with Crippen LogP contribution in [0.25, 0.3) is 0 Å². The van der Waals surface area contributed by atoms with Gasteiger partial charge in [-0.15, -0.1) is 0 Å². The largest absolute Gasteiger partial charge is 0.508 e. The number of carbonyl (C=O) groups is 1. The van der Waals surface area contributed by atoms with Gasteiger partial charge in [0.05, 0.1) is 7.11 Å². The molecule has 1 unspecified atom stereocenters. The van der Waals surface area contributed by atoms with Crippen LogP contribution in [0.15, 0.2) is 48.5 Å². The molecule has 0 saturated carbocycles. The number of phenolic OH excluding ortho intramolecular Hbond substituents is 1. The molecule has 6 nitrogen and oxygen atoms in total. The van der Waals surface area contributed by atoms with Crippen LogP contribution in [0.4, 0.5) is 5.69 Å². The molecular formula is C17H16Cl3N3O3S. The number of benzene rings is 2. The average Bonchev–Trinajstić information content (AvgIpc) is 2.62. The van der Waals surface area contributed by atoms with Gasteiger partial charge in [0.15, 0.2) is 5.11 Å². The van der Waals surface area contributed by atoms with E-state index in [2.05, 4.69) is 16.0 Å². The molecule has 4 N–H and O–H groups in total. The summed E-state index contributed by atoms with van der Waals surface area (Å²) < 4.78 is 3.18. The average molecular weight is 449 g/mol. The Bertz CT molecular complexity index is 796. The van der Waals surface area contributed by atoms with Crippen molar-refractivity contribution in [2.24, 2.45) is 0 Å². The summed E-state index contributed by atoms with van der Waals surface area (Å²) in [5.41, 5.74) is 0.962. The number of ether oxygens (including phenoxy) is 1. The number of halogens is 3. The minimum atomic E-state index is -1.87. The summed E-state index contributed by atoms with van der Waals surface area (Å²) in [6.45, 7) is 0. The molecule has 1 amide bonds. The van der Waals surface area contributed by atoms with Crippen LogP contribution in [0.3, 0.4) is 0 Å². The van der Waals surface area contributed by atoms with Gasteiger partial charge in [-0.1, -0.05) is 34.8 Å². The highest BCUT2D eigenvalue weighted by Crippen LogP contribution is 2.29. The molecule has 0 heterocycles.